The molecule has 0 atom stereocenters. The molecule has 0 saturated carbocycles. The van der Waals surface area contributed by atoms with Crippen LogP contribution in [0, 0.1) is 10.1 Å². The van der Waals surface area contributed by atoms with Gasteiger partial charge in [-0.2, -0.15) is 0 Å². The molecule has 2 aromatic rings. The summed E-state index contributed by atoms with van der Waals surface area (Å²) in [6.07, 6.45) is 0. The maximum absolute atomic E-state index is 12.4. The molecule has 1 N–H and O–H groups in total. The zero-order valence-corrected chi connectivity index (χ0v) is 16.6. The lowest BCUT2D eigenvalue weighted by Crippen LogP contribution is -2.37. The second-order valence-electron chi connectivity index (χ2n) is 7.12. The van der Waals surface area contributed by atoms with E-state index in [0.717, 1.165) is 0 Å². The fourth-order valence-corrected chi connectivity index (χ4v) is 3.09. The van der Waals surface area contributed by atoms with Gasteiger partial charge in [0.15, 0.2) is 6.61 Å². The molecular weight excluding hydrogens is 374 g/mol. The van der Waals surface area contributed by atoms with Crippen molar-refractivity contribution in [2.75, 3.05) is 43.1 Å². The molecule has 2 aromatic carbocycles. The first-order valence-electron chi connectivity index (χ1n) is 9.58. The second kappa shape index (κ2) is 9.38. The van der Waals surface area contributed by atoms with Gasteiger partial charge in [0, 0.05) is 25.2 Å². The number of amides is 1. The lowest BCUT2D eigenvalue weighted by molar-refractivity contribution is -0.384. The third kappa shape index (κ3) is 5.45. The molecule has 0 aromatic heterocycles. The minimum absolute atomic E-state index is 0.0222. The van der Waals surface area contributed by atoms with Gasteiger partial charge in [0.25, 0.3) is 11.6 Å². The van der Waals surface area contributed by atoms with E-state index in [1.165, 1.54) is 17.7 Å². The maximum atomic E-state index is 12.4. The standard InChI is InChI=1S/C21H25N3O5/c1-15(2)16-3-6-18(7-4-16)29-14-21(25)22-19-8-5-17(24(26)27)13-20(19)23-9-11-28-12-10-23/h3-8,13,15H,9-12,14H2,1-2H3,(H,22,25). The third-order valence-electron chi connectivity index (χ3n) is 4.73. The molecule has 154 valence electrons. The highest BCUT2D eigenvalue weighted by Crippen LogP contribution is 2.31. The molecule has 1 amide bonds. The van der Waals surface area contributed by atoms with Crippen LogP contribution in [-0.4, -0.2) is 43.7 Å². The molecule has 0 bridgehead atoms. The van der Waals surface area contributed by atoms with Crippen molar-refractivity contribution in [1.29, 1.82) is 0 Å². The summed E-state index contributed by atoms with van der Waals surface area (Å²) < 4.78 is 10.9. The van der Waals surface area contributed by atoms with Crippen molar-refractivity contribution < 1.29 is 19.2 Å². The molecule has 1 aliphatic heterocycles. The first-order chi connectivity index (χ1) is 13.9. The summed E-state index contributed by atoms with van der Waals surface area (Å²) in [6, 6.07) is 12.0. The predicted octanol–water partition coefficient (Wildman–Crippen LogP) is 3.57. The van der Waals surface area contributed by atoms with Gasteiger partial charge in [0.05, 0.1) is 29.5 Å². The first kappa shape index (κ1) is 20.6. The van der Waals surface area contributed by atoms with Crippen molar-refractivity contribution >= 4 is 23.0 Å². The Morgan fingerprint density at radius 3 is 2.52 bits per heavy atom. The normalized spacial score (nSPS) is 14.0. The maximum Gasteiger partial charge on any atom is 0.271 e. The van der Waals surface area contributed by atoms with E-state index >= 15 is 0 Å². The molecule has 1 saturated heterocycles. The number of hydrogen-bond acceptors (Lipinski definition) is 6. The highest BCUT2D eigenvalue weighted by molar-refractivity contribution is 5.95. The number of carbonyl (C=O) groups excluding carboxylic acids is 1. The van der Waals surface area contributed by atoms with Gasteiger partial charge in [0.1, 0.15) is 5.75 Å². The number of hydrogen-bond donors (Lipinski definition) is 1. The van der Waals surface area contributed by atoms with Crippen LogP contribution in [-0.2, 0) is 9.53 Å². The van der Waals surface area contributed by atoms with Gasteiger partial charge in [0.2, 0.25) is 0 Å². The first-order valence-corrected chi connectivity index (χ1v) is 9.58. The summed E-state index contributed by atoms with van der Waals surface area (Å²) in [5.74, 6) is 0.705. The second-order valence-corrected chi connectivity index (χ2v) is 7.12. The molecule has 0 unspecified atom stereocenters. The zero-order valence-electron chi connectivity index (χ0n) is 16.6. The van der Waals surface area contributed by atoms with Crippen LogP contribution in [0.5, 0.6) is 5.75 Å². The molecule has 1 aliphatic rings. The van der Waals surface area contributed by atoms with Crippen molar-refractivity contribution in [2.45, 2.75) is 19.8 Å². The number of nitro groups is 1. The summed E-state index contributed by atoms with van der Waals surface area (Å²) >= 11 is 0. The number of ether oxygens (including phenoxy) is 2. The van der Waals surface area contributed by atoms with E-state index in [2.05, 4.69) is 19.2 Å². The van der Waals surface area contributed by atoms with E-state index in [0.29, 0.717) is 49.3 Å². The van der Waals surface area contributed by atoms with E-state index in [-0.39, 0.29) is 18.2 Å². The minimum Gasteiger partial charge on any atom is -0.484 e. The van der Waals surface area contributed by atoms with Crippen LogP contribution in [0.2, 0.25) is 0 Å². The quantitative estimate of drug-likeness (QED) is 0.565. The molecule has 8 nitrogen and oxygen atoms in total. The lowest BCUT2D eigenvalue weighted by atomic mass is 10.0. The summed E-state index contributed by atoms with van der Waals surface area (Å²) in [5, 5.41) is 14.0. The van der Waals surface area contributed by atoms with Crippen molar-refractivity contribution in [3.63, 3.8) is 0 Å². The van der Waals surface area contributed by atoms with Crippen molar-refractivity contribution in [2.24, 2.45) is 0 Å². The Balaban J connectivity index is 1.67. The molecular formula is C21H25N3O5. The van der Waals surface area contributed by atoms with Gasteiger partial charge >= 0.3 is 0 Å². The van der Waals surface area contributed by atoms with Crippen LogP contribution in [0.15, 0.2) is 42.5 Å². The van der Waals surface area contributed by atoms with Crippen LogP contribution >= 0.6 is 0 Å². The summed E-state index contributed by atoms with van der Waals surface area (Å²) in [4.78, 5) is 25.1. The Morgan fingerprint density at radius 1 is 1.21 bits per heavy atom. The average molecular weight is 399 g/mol. The monoisotopic (exact) mass is 399 g/mol. The Morgan fingerprint density at radius 2 is 1.90 bits per heavy atom. The average Bonchev–Trinajstić information content (AvgIpc) is 2.73. The number of non-ortho nitro benzene ring substituents is 1. The Kier molecular flexibility index (Phi) is 6.66. The van der Waals surface area contributed by atoms with Crippen molar-refractivity contribution in [1.82, 2.24) is 0 Å². The Labute approximate surface area is 169 Å². The molecule has 3 rings (SSSR count). The number of morpholine rings is 1. The zero-order chi connectivity index (χ0) is 20.8. The number of benzene rings is 2. The van der Waals surface area contributed by atoms with Gasteiger partial charge in [-0.05, 0) is 29.7 Å². The SMILES string of the molecule is CC(C)c1ccc(OCC(=O)Nc2ccc([N+](=O)[O-])cc2N2CCOCC2)cc1. The van der Waals surface area contributed by atoms with Crippen LogP contribution in [0.1, 0.15) is 25.3 Å². The highest BCUT2D eigenvalue weighted by atomic mass is 16.6. The predicted molar refractivity (Wildman–Crippen MR) is 111 cm³/mol. The van der Waals surface area contributed by atoms with Crippen molar-refractivity contribution in [3.8, 4) is 5.75 Å². The highest BCUT2D eigenvalue weighted by Gasteiger charge is 2.20. The largest absolute Gasteiger partial charge is 0.484 e. The molecule has 0 radical (unpaired) electrons. The van der Waals surface area contributed by atoms with E-state index in [1.54, 1.807) is 6.07 Å². The Hall–Kier alpha value is -3.13. The van der Waals surface area contributed by atoms with E-state index in [4.69, 9.17) is 9.47 Å². The number of nitrogens with zero attached hydrogens (tertiary/aromatic N) is 2. The number of anilines is 2. The molecule has 8 heteroatoms. The van der Waals surface area contributed by atoms with Crippen LogP contribution < -0.4 is 15.0 Å². The number of rotatable bonds is 7. The summed E-state index contributed by atoms with van der Waals surface area (Å²) in [5.41, 5.74) is 2.30. The van der Waals surface area contributed by atoms with E-state index in [1.807, 2.05) is 29.2 Å². The van der Waals surface area contributed by atoms with Crippen LogP contribution in [0.4, 0.5) is 17.1 Å². The fourth-order valence-electron chi connectivity index (χ4n) is 3.09. The van der Waals surface area contributed by atoms with Gasteiger partial charge in [-0.25, -0.2) is 0 Å². The molecule has 29 heavy (non-hydrogen) atoms. The molecule has 0 spiro atoms. The molecule has 1 fully saturated rings. The van der Waals surface area contributed by atoms with E-state index in [9.17, 15) is 14.9 Å². The van der Waals surface area contributed by atoms with Gasteiger partial charge in [-0.15, -0.1) is 0 Å². The van der Waals surface area contributed by atoms with Gasteiger partial charge in [-0.3, -0.25) is 14.9 Å². The van der Waals surface area contributed by atoms with Crippen LogP contribution in [0.25, 0.3) is 0 Å². The van der Waals surface area contributed by atoms with Crippen LogP contribution in [0.3, 0.4) is 0 Å². The number of carbonyl (C=O) groups is 1. The summed E-state index contributed by atoms with van der Waals surface area (Å²) in [7, 11) is 0. The smallest absolute Gasteiger partial charge is 0.271 e. The topological polar surface area (TPSA) is 93.9 Å². The molecule has 0 aliphatic carbocycles. The Bertz CT molecular complexity index is 861. The number of nitrogens with one attached hydrogen (secondary N) is 1. The molecule has 1 heterocycles. The minimum atomic E-state index is -0.445. The number of nitro benzene ring substituents is 1. The van der Waals surface area contributed by atoms with E-state index < -0.39 is 4.92 Å². The van der Waals surface area contributed by atoms with Crippen molar-refractivity contribution in [3.05, 3.63) is 58.1 Å². The summed E-state index contributed by atoms with van der Waals surface area (Å²) in [6.45, 7) is 6.34. The lowest BCUT2D eigenvalue weighted by Gasteiger charge is -2.30. The third-order valence-corrected chi connectivity index (χ3v) is 4.73. The fraction of sp³-hybridized carbons (Fsp3) is 0.381. The van der Waals surface area contributed by atoms with Gasteiger partial charge < -0.3 is 19.7 Å². The van der Waals surface area contributed by atoms with Gasteiger partial charge in [-0.1, -0.05) is 26.0 Å².